The number of ether oxygens (including phenoxy) is 1. The summed E-state index contributed by atoms with van der Waals surface area (Å²) in [7, 11) is 1.58. The molecule has 0 spiro atoms. The van der Waals surface area contributed by atoms with Crippen LogP contribution in [-0.2, 0) is 0 Å². The van der Waals surface area contributed by atoms with E-state index in [9.17, 15) is 4.79 Å². The molecule has 0 aliphatic carbocycles. The zero-order chi connectivity index (χ0) is 12.4. The Morgan fingerprint density at radius 1 is 1.47 bits per heavy atom. The van der Waals surface area contributed by atoms with E-state index >= 15 is 0 Å². The normalized spacial score (nSPS) is 10.2. The number of nitrogens with two attached hydrogens (primary N) is 1. The second-order valence-electron chi connectivity index (χ2n) is 3.72. The molecule has 5 heteroatoms. The third-order valence-corrected chi connectivity index (χ3v) is 2.58. The Hall–Kier alpha value is -2.30. The van der Waals surface area contributed by atoms with E-state index < -0.39 is 0 Å². The molecule has 0 bridgehead atoms. The van der Waals surface area contributed by atoms with Crippen LogP contribution in [0.15, 0.2) is 18.2 Å². The molecule has 0 radical (unpaired) electrons. The van der Waals surface area contributed by atoms with E-state index in [1.54, 1.807) is 7.11 Å². The first kappa shape index (κ1) is 11.2. The van der Waals surface area contributed by atoms with Crippen molar-refractivity contribution < 1.29 is 9.53 Å². The van der Waals surface area contributed by atoms with Crippen LogP contribution in [0.1, 0.15) is 15.9 Å². The van der Waals surface area contributed by atoms with Crippen LogP contribution in [0, 0.1) is 6.92 Å². The lowest BCUT2D eigenvalue weighted by atomic mass is 10.0. The van der Waals surface area contributed by atoms with Gasteiger partial charge in [-0.3, -0.25) is 9.89 Å². The molecule has 0 aliphatic rings. The number of carbonyl (C=O) groups excluding carboxylic acids is 1. The van der Waals surface area contributed by atoms with Gasteiger partial charge < -0.3 is 10.5 Å². The highest BCUT2D eigenvalue weighted by Gasteiger charge is 2.15. The molecule has 0 saturated carbocycles. The average Bonchev–Trinajstić information content (AvgIpc) is 2.70. The molecule has 5 nitrogen and oxygen atoms in total. The Balaban J connectivity index is 2.66. The summed E-state index contributed by atoms with van der Waals surface area (Å²) in [6.45, 7) is 1.96. The first-order valence-corrected chi connectivity index (χ1v) is 5.11. The number of carbonyl (C=O) groups is 1. The number of aryl methyl sites for hydroxylation is 1. The Morgan fingerprint density at radius 2 is 2.24 bits per heavy atom. The Labute approximate surface area is 98.6 Å². The molecule has 0 unspecified atom stereocenters. The minimum absolute atomic E-state index is 0.193. The molecule has 2 rings (SSSR count). The van der Waals surface area contributed by atoms with Crippen molar-refractivity contribution in [2.24, 2.45) is 0 Å². The highest BCUT2D eigenvalue weighted by Crippen LogP contribution is 2.32. The SMILES string of the molecule is COc1ccc(C)cc1-c1[nH]nc(N)c1C=O. The number of aldehydes is 1. The number of benzene rings is 1. The Morgan fingerprint density at radius 3 is 2.88 bits per heavy atom. The van der Waals surface area contributed by atoms with Crippen LogP contribution in [0.25, 0.3) is 11.3 Å². The van der Waals surface area contributed by atoms with Crippen molar-refractivity contribution in [2.45, 2.75) is 6.92 Å². The van der Waals surface area contributed by atoms with Crippen molar-refractivity contribution >= 4 is 12.1 Å². The fourth-order valence-corrected chi connectivity index (χ4v) is 1.71. The summed E-state index contributed by atoms with van der Waals surface area (Å²) in [5.41, 5.74) is 8.38. The Bertz CT molecular complexity index is 561. The van der Waals surface area contributed by atoms with Gasteiger partial charge in [0.2, 0.25) is 0 Å². The molecule has 3 N–H and O–H groups in total. The summed E-state index contributed by atoms with van der Waals surface area (Å²) in [5, 5.41) is 6.59. The number of rotatable bonds is 3. The molecule has 0 atom stereocenters. The predicted octanol–water partition coefficient (Wildman–Crippen LogP) is 1.79. The number of aromatic amines is 1. The Kier molecular flexibility index (Phi) is 2.82. The van der Waals surface area contributed by atoms with Gasteiger partial charge in [-0.2, -0.15) is 5.10 Å². The summed E-state index contributed by atoms with van der Waals surface area (Å²) < 4.78 is 5.26. The largest absolute Gasteiger partial charge is 0.496 e. The number of hydrogen-bond acceptors (Lipinski definition) is 4. The lowest BCUT2D eigenvalue weighted by Crippen LogP contribution is -1.93. The summed E-state index contributed by atoms with van der Waals surface area (Å²) in [5.74, 6) is 0.862. The monoisotopic (exact) mass is 231 g/mol. The van der Waals surface area contributed by atoms with Crippen LogP contribution in [0.4, 0.5) is 5.82 Å². The van der Waals surface area contributed by atoms with Crippen LogP contribution < -0.4 is 10.5 Å². The van der Waals surface area contributed by atoms with E-state index in [0.29, 0.717) is 23.3 Å². The van der Waals surface area contributed by atoms with E-state index in [1.807, 2.05) is 25.1 Å². The average molecular weight is 231 g/mol. The van der Waals surface area contributed by atoms with Crippen molar-refractivity contribution in [3.8, 4) is 17.0 Å². The molecular weight excluding hydrogens is 218 g/mol. The van der Waals surface area contributed by atoms with Gasteiger partial charge in [0.15, 0.2) is 12.1 Å². The number of nitrogens with zero attached hydrogens (tertiary/aromatic N) is 1. The summed E-state index contributed by atoms with van der Waals surface area (Å²) in [4.78, 5) is 11.0. The second-order valence-corrected chi connectivity index (χ2v) is 3.72. The van der Waals surface area contributed by atoms with Gasteiger partial charge in [-0.05, 0) is 19.1 Å². The first-order valence-electron chi connectivity index (χ1n) is 5.11. The van der Waals surface area contributed by atoms with Gasteiger partial charge in [0.25, 0.3) is 0 Å². The molecule has 88 valence electrons. The van der Waals surface area contributed by atoms with E-state index in [1.165, 1.54) is 0 Å². The lowest BCUT2D eigenvalue weighted by Gasteiger charge is -2.08. The number of hydrogen-bond donors (Lipinski definition) is 2. The number of nitrogens with one attached hydrogen (secondary N) is 1. The van der Waals surface area contributed by atoms with Crippen LogP contribution in [0.2, 0.25) is 0 Å². The molecule has 1 heterocycles. The van der Waals surface area contributed by atoms with Gasteiger partial charge in [0, 0.05) is 5.56 Å². The van der Waals surface area contributed by atoms with Gasteiger partial charge >= 0.3 is 0 Å². The number of nitrogen functional groups attached to an aromatic ring is 1. The quantitative estimate of drug-likeness (QED) is 0.789. The predicted molar refractivity (Wildman–Crippen MR) is 65.1 cm³/mol. The maximum absolute atomic E-state index is 11.0. The van der Waals surface area contributed by atoms with Gasteiger partial charge in [-0.25, -0.2) is 0 Å². The lowest BCUT2D eigenvalue weighted by molar-refractivity contribution is 0.112. The number of methoxy groups -OCH3 is 1. The highest BCUT2D eigenvalue weighted by atomic mass is 16.5. The molecule has 0 aliphatic heterocycles. The minimum Gasteiger partial charge on any atom is -0.496 e. The summed E-state index contributed by atoms with van der Waals surface area (Å²) >= 11 is 0. The van der Waals surface area contributed by atoms with Crippen LogP contribution >= 0.6 is 0 Å². The molecule has 1 aromatic carbocycles. The molecule has 0 fully saturated rings. The second kappa shape index (κ2) is 4.29. The third-order valence-electron chi connectivity index (χ3n) is 2.58. The summed E-state index contributed by atoms with van der Waals surface area (Å²) in [6.07, 6.45) is 0.690. The van der Waals surface area contributed by atoms with Crippen molar-refractivity contribution in [3.63, 3.8) is 0 Å². The van der Waals surface area contributed by atoms with Crippen molar-refractivity contribution in [1.29, 1.82) is 0 Å². The zero-order valence-electron chi connectivity index (χ0n) is 9.65. The smallest absolute Gasteiger partial charge is 0.156 e. The van der Waals surface area contributed by atoms with Crippen molar-refractivity contribution in [3.05, 3.63) is 29.3 Å². The molecule has 2 aromatic rings. The number of anilines is 1. The number of aromatic nitrogens is 2. The fourth-order valence-electron chi connectivity index (χ4n) is 1.71. The van der Waals surface area contributed by atoms with Gasteiger partial charge in [-0.1, -0.05) is 11.6 Å². The van der Waals surface area contributed by atoms with E-state index in [2.05, 4.69) is 10.2 Å². The van der Waals surface area contributed by atoms with Gasteiger partial charge in [-0.15, -0.1) is 0 Å². The van der Waals surface area contributed by atoms with Crippen molar-refractivity contribution in [1.82, 2.24) is 10.2 Å². The molecule has 0 saturated heterocycles. The van der Waals surface area contributed by atoms with Crippen molar-refractivity contribution in [2.75, 3.05) is 12.8 Å². The van der Waals surface area contributed by atoms with E-state index in [4.69, 9.17) is 10.5 Å². The van der Waals surface area contributed by atoms with Gasteiger partial charge in [0.1, 0.15) is 5.75 Å². The standard InChI is InChI=1S/C12H13N3O2/c1-7-3-4-10(17-2)8(5-7)11-9(6-16)12(13)15-14-11/h3-6H,1-2H3,(H3,13,14,15). The minimum atomic E-state index is 0.193. The van der Waals surface area contributed by atoms with E-state index in [0.717, 1.165) is 11.1 Å². The third kappa shape index (κ3) is 1.87. The highest BCUT2D eigenvalue weighted by molar-refractivity contribution is 5.92. The molecule has 17 heavy (non-hydrogen) atoms. The van der Waals surface area contributed by atoms with Crippen LogP contribution in [0.5, 0.6) is 5.75 Å². The summed E-state index contributed by atoms with van der Waals surface area (Å²) in [6, 6.07) is 5.69. The van der Waals surface area contributed by atoms with Crippen LogP contribution in [0.3, 0.4) is 0 Å². The number of H-pyrrole nitrogens is 1. The topological polar surface area (TPSA) is 81.0 Å². The maximum Gasteiger partial charge on any atom is 0.156 e. The molecular formula is C12H13N3O2. The molecule has 1 aromatic heterocycles. The zero-order valence-corrected chi connectivity index (χ0v) is 9.65. The van der Waals surface area contributed by atoms with Gasteiger partial charge in [0.05, 0.1) is 18.4 Å². The van der Waals surface area contributed by atoms with Crippen LogP contribution in [-0.4, -0.2) is 23.6 Å². The maximum atomic E-state index is 11.0. The fraction of sp³-hybridized carbons (Fsp3) is 0.167. The van der Waals surface area contributed by atoms with E-state index in [-0.39, 0.29) is 5.82 Å². The molecule has 0 amide bonds. The first-order chi connectivity index (χ1) is 8.17.